The molecule has 8 heavy (non-hydrogen) atoms. The van der Waals surface area contributed by atoms with Crippen molar-refractivity contribution in [3.05, 3.63) is 0 Å². The number of rotatable bonds is 2. The summed E-state index contributed by atoms with van der Waals surface area (Å²) in [5, 5.41) is 11.2. The molecule has 0 bridgehead atoms. The first kappa shape index (κ1) is 7.83. The first-order valence-corrected chi connectivity index (χ1v) is 3.47. The second-order valence-electron chi connectivity index (χ2n) is 1.31. The molecule has 0 heterocycles. The largest absolute Gasteiger partial charge is 0.394 e. The zero-order valence-corrected chi connectivity index (χ0v) is 4.93. The third-order valence-electron chi connectivity index (χ3n) is 0.602. The highest BCUT2D eigenvalue weighted by atomic mass is 32.2. The molecule has 0 aliphatic rings. The van der Waals surface area contributed by atoms with E-state index >= 15 is 0 Å². The topological polar surface area (TPSA) is 106 Å². The Labute approximate surface area is 47.3 Å². The van der Waals surface area contributed by atoms with Crippen molar-refractivity contribution in [2.24, 2.45) is 10.9 Å². The number of aliphatic hydroxyl groups is 1. The molecule has 5 nitrogen and oxygen atoms in total. The van der Waals surface area contributed by atoms with Gasteiger partial charge in [-0.3, -0.25) is 0 Å². The minimum absolute atomic E-state index is 0.640. The number of nitrogens with two attached hydrogens (primary N) is 2. The van der Waals surface area contributed by atoms with Crippen LogP contribution in [0.4, 0.5) is 0 Å². The zero-order chi connectivity index (χ0) is 6.78. The predicted octanol–water partition coefficient (Wildman–Crippen LogP) is -2.45. The summed E-state index contributed by atoms with van der Waals surface area (Å²) >= 11 is 0. The second-order valence-corrected chi connectivity index (χ2v) is 3.09. The van der Waals surface area contributed by atoms with Gasteiger partial charge in [0.05, 0.1) is 6.61 Å². The van der Waals surface area contributed by atoms with E-state index in [2.05, 4.69) is 5.14 Å². The molecule has 0 rings (SSSR count). The zero-order valence-electron chi connectivity index (χ0n) is 4.11. The van der Waals surface area contributed by atoms with Gasteiger partial charge < -0.3 is 10.8 Å². The minimum atomic E-state index is -3.73. The maximum absolute atomic E-state index is 10.1. The van der Waals surface area contributed by atoms with Gasteiger partial charge in [0.25, 0.3) is 0 Å². The van der Waals surface area contributed by atoms with E-state index in [-0.39, 0.29) is 0 Å². The van der Waals surface area contributed by atoms with Gasteiger partial charge in [-0.25, -0.2) is 13.6 Å². The lowest BCUT2D eigenvalue weighted by atomic mass is 10.7. The molecule has 1 atom stereocenters. The van der Waals surface area contributed by atoms with Gasteiger partial charge in [0.1, 0.15) is 5.37 Å². The Morgan fingerprint density at radius 3 is 2.00 bits per heavy atom. The predicted molar refractivity (Wildman–Crippen MR) is 28.2 cm³/mol. The Kier molecular flexibility index (Phi) is 2.35. The van der Waals surface area contributed by atoms with Gasteiger partial charge in [0, 0.05) is 0 Å². The molecule has 0 saturated heterocycles. The molecule has 0 amide bonds. The first-order chi connectivity index (χ1) is 3.48. The normalized spacial score (nSPS) is 15.9. The maximum Gasteiger partial charge on any atom is 0.227 e. The van der Waals surface area contributed by atoms with Crippen LogP contribution in [0.2, 0.25) is 0 Å². The van der Waals surface area contributed by atoms with E-state index in [0.29, 0.717) is 0 Å². The van der Waals surface area contributed by atoms with E-state index in [9.17, 15) is 8.42 Å². The highest BCUT2D eigenvalue weighted by molar-refractivity contribution is 7.89. The average molecular weight is 140 g/mol. The molecular formula is C2H8N2O3S. The van der Waals surface area contributed by atoms with Gasteiger partial charge in [-0.1, -0.05) is 0 Å². The van der Waals surface area contributed by atoms with Crippen LogP contribution in [-0.2, 0) is 10.0 Å². The smallest absolute Gasteiger partial charge is 0.227 e. The molecule has 0 aromatic rings. The molecule has 0 aliphatic heterocycles. The third-order valence-corrected chi connectivity index (χ3v) is 1.59. The molecule has 0 aromatic carbocycles. The van der Waals surface area contributed by atoms with Crippen LogP contribution in [0.5, 0.6) is 0 Å². The molecule has 6 heteroatoms. The van der Waals surface area contributed by atoms with Crippen molar-refractivity contribution >= 4 is 10.0 Å². The molecule has 1 unspecified atom stereocenters. The fraction of sp³-hybridized carbons (Fsp3) is 1.00. The highest BCUT2D eigenvalue weighted by Crippen LogP contribution is 1.81. The molecule has 0 spiro atoms. The number of hydrogen-bond acceptors (Lipinski definition) is 4. The van der Waals surface area contributed by atoms with Crippen molar-refractivity contribution in [3.63, 3.8) is 0 Å². The van der Waals surface area contributed by atoms with Gasteiger partial charge in [-0.2, -0.15) is 0 Å². The highest BCUT2D eigenvalue weighted by Gasteiger charge is 2.13. The quantitative estimate of drug-likeness (QED) is 0.396. The summed E-state index contributed by atoms with van der Waals surface area (Å²) in [6.07, 6.45) is 0. The van der Waals surface area contributed by atoms with Crippen LogP contribution in [0, 0.1) is 0 Å². The monoisotopic (exact) mass is 140 g/mol. The molecule has 0 aromatic heterocycles. The molecule has 5 N–H and O–H groups in total. The lowest BCUT2D eigenvalue weighted by Gasteiger charge is -2.01. The number of primary sulfonamides is 1. The number of aliphatic hydroxyl groups excluding tert-OH is 1. The van der Waals surface area contributed by atoms with Crippen LogP contribution in [0.1, 0.15) is 0 Å². The van der Waals surface area contributed by atoms with E-state index in [1.54, 1.807) is 0 Å². The van der Waals surface area contributed by atoms with Gasteiger partial charge in [-0.15, -0.1) is 0 Å². The standard InChI is InChI=1S/C2H8N2O3S/c3-2(1-5)8(4,6)7/h2,5H,1,3H2,(H2,4,6,7). The Balaban J connectivity index is 4.04. The van der Waals surface area contributed by atoms with Gasteiger partial charge in [0.2, 0.25) is 10.0 Å². The van der Waals surface area contributed by atoms with Crippen LogP contribution in [0.3, 0.4) is 0 Å². The lowest BCUT2D eigenvalue weighted by molar-refractivity contribution is 0.292. The molecule has 0 fully saturated rings. The van der Waals surface area contributed by atoms with E-state index < -0.39 is 22.0 Å². The van der Waals surface area contributed by atoms with Gasteiger partial charge in [0.15, 0.2) is 0 Å². The number of sulfonamides is 1. The van der Waals surface area contributed by atoms with Crippen molar-refractivity contribution in [1.29, 1.82) is 0 Å². The summed E-state index contributed by atoms with van der Waals surface area (Å²) in [7, 11) is -3.73. The molecule has 0 saturated carbocycles. The van der Waals surface area contributed by atoms with Crippen LogP contribution >= 0.6 is 0 Å². The van der Waals surface area contributed by atoms with Gasteiger partial charge in [-0.05, 0) is 0 Å². The Morgan fingerprint density at radius 1 is 1.62 bits per heavy atom. The van der Waals surface area contributed by atoms with Crippen LogP contribution in [-0.4, -0.2) is 25.5 Å². The lowest BCUT2D eigenvalue weighted by Crippen LogP contribution is -2.38. The van der Waals surface area contributed by atoms with Crippen molar-refractivity contribution in [1.82, 2.24) is 0 Å². The third kappa shape index (κ3) is 2.22. The van der Waals surface area contributed by atoms with Gasteiger partial charge >= 0.3 is 0 Å². The molecule has 0 radical (unpaired) electrons. The van der Waals surface area contributed by atoms with Crippen molar-refractivity contribution in [3.8, 4) is 0 Å². The average Bonchev–Trinajstić information content (AvgIpc) is 1.62. The van der Waals surface area contributed by atoms with Crippen molar-refractivity contribution < 1.29 is 13.5 Å². The summed E-state index contributed by atoms with van der Waals surface area (Å²) in [6, 6.07) is 0. The van der Waals surface area contributed by atoms with E-state index in [1.165, 1.54) is 0 Å². The molecule has 0 aliphatic carbocycles. The van der Waals surface area contributed by atoms with E-state index in [1.807, 2.05) is 0 Å². The summed E-state index contributed by atoms with van der Waals surface area (Å²) in [5.41, 5.74) is 4.79. The van der Waals surface area contributed by atoms with Crippen molar-refractivity contribution in [2.75, 3.05) is 6.61 Å². The summed E-state index contributed by atoms with van der Waals surface area (Å²) in [4.78, 5) is 0. The fourth-order valence-corrected chi connectivity index (χ4v) is 0.312. The Bertz CT molecular complexity index is 151. The Morgan fingerprint density at radius 2 is 2.00 bits per heavy atom. The molecule has 50 valence electrons. The number of hydrogen-bond donors (Lipinski definition) is 3. The van der Waals surface area contributed by atoms with Crippen LogP contribution in [0.25, 0.3) is 0 Å². The minimum Gasteiger partial charge on any atom is -0.394 e. The Hall–Kier alpha value is -0.170. The fourth-order valence-electron chi connectivity index (χ4n) is 0.104. The summed E-state index contributed by atoms with van der Waals surface area (Å²) < 4.78 is 20.1. The van der Waals surface area contributed by atoms with Crippen LogP contribution < -0.4 is 10.9 Å². The van der Waals surface area contributed by atoms with E-state index in [4.69, 9.17) is 10.8 Å². The van der Waals surface area contributed by atoms with Crippen LogP contribution in [0.15, 0.2) is 0 Å². The van der Waals surface area contributed by atoms with E-state index in [0.717, 1.165) is 0 Å². The maximum atomic E-state index is 10.1. The second kappa shape index (κ2) is 2.40. The molecular weight excluding hydrogens is 132 g/mol. The summed E-state index contributed by atoms with van der Waals surface area (Å²) in [6.45, 7) is -0.640. The SMILES string of the molecule is NC(CO)S(N)(=O)=O. The van der Waals surface area contributed by atoms with Crippen molar-refractivity contribution in [2.45, 2.75) is 5.37 Å². The first-order valence-electron chi connectivity index (χ1n) is 1.86. The summed E-state index contributed by atoms with van der Waals surface area (Å²) in [5.74, 6) is 0.